The Morgan fingerprint density at radius 3 is 1.29 bits per heavy atom. The van der Waals surface area contributed by atoms with E-state index >= 15 is 0 Å². The standard InChI is InChI=1S/C6H7N.2C4H8O/c7-6-4-2-1-3-5-6;2*1-2-4-5-3-1/h1-5H,7H2;2*1-4H2. The van der Waals surface area contributed by atoms with Gasteiger partial charge in [0.15, 0.2) is 0 Å². The van der Waals surface area contributed by atoms with Gasteiger partial charge >= 0.3 is 0 Å². The molecule has 0 amide bonds. The highest BCUT2D eigenvalue weighted by atomic mass is 16.5. The normalized spacial score (nSPS) is 17.6. The smallest absolute Gasteiger partial charge is 0.0466 e. The average molecular weight is 237 g/mol. The summed E-state index contributed by atoms with van der Waals surface area (Å²) in [6, 6.07) is 9.49. The monoisotopic (exact) mass is 237 g/mol. The molecule has 0 saturated carbocycles. The van der Waals surface area contributed by atoms with E-state index in [1.165, 1.54) is 25.7 Å². The van der Waals surface area contributed by atoms with Gasteiger partial charge in [0.1, 0.15) is 0 Å². The third kappa shape index (κ3) is 8.72. The summed E-state index contributed by atoms with van der Waals surface area (Å²) in [4.78, 5) is 0. The molecule has 96 valence electrons. The maximum atomic E-state index is 5.36. The SMILES string of the molecule is C1CCOC1.C1CCOC1.Nc1ccccc1. The summed E-state index contributed by atoms with van der Waals surface area (Å²) < 4.78 is 9.89. The maximum Gasteiger partial charge on any atom is 0.0466 e. The largest absolute Gasteiger partial charge is 0.399 e. The minimum Gasteiger partial charge on any atom is -0.399 e. The van der Waals surface area contributed by atoms with Gasteiger partial charge in [-0.15, -0.1) is 0 Å². The van der Waals surface area contributed by atoms with Crippen molar-refractivity contribution in [3.05, 3.63) is 30.3 Å². The van der Waals surface area contributed by atoms with Crippen LogP contribution in [0.2, 0.25) is 0 Å². The van der Waals surface area contributed by atoms with Gasteiger partial charge in [0.25, 0.3) is 0 Å². The van der Waals surface area contributed by atoms with Crippen molar-refractivity contribution in [2.45, 2.75) is 25.7 Å². The van der Waals surface area contributed by atoms with E-state index in [0.717, 1.165) is 32.1 Å². The molecule has 0 unspecified atom stereocenters. The van der Waals surface area contributed by atoms with E-state index in [1.54, 1.807) is 0 Å². The van der Waals surface area contributed by atoms with Crippen LogP contribution in [0.3, 0.4) is 0 Å². The highest BCUT2D eigenvalue weighted by Gasteiger charge is 1.95. The van der Waals surface area contributed by atoms with Crippen LogP contribution < -0.4 is 5.73 Å². The lowest BCUT2D eigenvalue weighted by Gasteiger charge is -1.83. The van der Waals surface area contributed by atoms with Crippen molar-refractivity contribution < 1.29 is 9.47 Å². The maximum absolute atomic E-state index is 5.36. The highest BCUT2D eigenvalue weighted by Crippen LogP contribution is 1.99. The van der Waals surface area contributed by atoms with Crippen molar-refractivity contribution in [1.82, 2.24) is 0 Å². The summed E-state index contributed by atoms with van der Waals surface area (Å²) in [5, 5.41) is 0. The molecule has 0 atom stereocenters. The number of benzene rings is 1. The van der Waals surface area contributed by atoms with E-state index in [0.29, 0.717) is 0 Å². The summed E-state index contributed by atoms with van der Waals surface area (Å²) in [6.45, 7) is 4.00. The molecule has 0 aliphatic carbocycles. The van der Waals surface area contributed by atoms with E-state index in [4.69, 9.17) is 15.2 Å². The fraction of sp³-hybridized carbons (Fsp3) is 0.571. The molecule has 0 bridgehead atoms. The van der Waals surface area contributed by atoms with Gasteiger partial charge in [0.05, 0.1) is 0 Å². The summed E-state index contributed by atoms with van der Waals surface area (Å²) in [5.74, 6) is 0. The number of anilines is 1. The molecule has 2 aliphatic heterocycles. The molecular weight excluding hydrogens is 214 g/mol. The molecule has 0 aromatic heterocycles. The predicted molar refractivity (Wildman–Crippen MR) is 71.0 cm³/mol. The Labute approximate surface area is 104 Å². The number of rotatable bonds is 0. The Hall–Kier alpha value is -1.06. The van der Waals surface area contributed by atoms with Crippen LogP contribution in [0, 0.1) is 0 Å². The zero-order valence-electron chi connectivity index (χ0n) is 10.4. The topological polar surface area (TPSA) is 44.5 Å². The fourth-order valence-corrected chi connectivity index (χ4v) is 1.47. The second kappa shape index (κ2) is 10.1. The minimum atomic E-state index is 0.822. The Kier molecular flexibility index (Phi) is 8.33. The van der Waals surface area contributed by atoms with E-state index in [9.17, 15) is 0 Å². The number of para-hydroxylation sites is 1. The van der Waals surface area contributed by atoms with Crippen molar-refractivity contribution in [2.75, 3.05) is 32.2 Å². The molecule has 1 aromatic rings. The van der Waals surface area contributed by atoms with Gasteiger partial charge in [-0.25, -0.2) is 0 Å². The lowest BCUT2D eigenvalue weighted by Crippen LogP contribution is -1.79. The fourth-order valence-electron chi connectivity index (χ4n) is 1.47. The zero-order valence-corrected chi connectivity index (χ0v) is 10.4. The molecule has 2 saturated heterocycles. The Morgan fingerprint density at radius 1 is 0.706 bits per heavy atom. The summed E-state index contributed by atoms with van der Waals surface area (Å²) >= 11 is 0. The summed E-state index contributed by atoms with van der Waals surface area (Å²) in [5.41, 5.74) is 6.18. The molecule has 3 nitrogen and oxygen atoms in total. The second-order valence-corrected chi connectivity index (χ2v) is 4.05. The molecular formula is C14H23NO2. The molecule has 3 rings (SSSR count). The Balaban J connectivity index is 0.000000130. The second-order valence-electron chi connectivity index (χ2n) is 4.05. The third-order valence-electron chi connectivity index (χ3n) is 2.45. The van der Waals surface area contributed by atoms with E-state index < -0.39 is 0 Å². The first kappa shape index (κ1) is 14.0. The van der Waals surface area contributed by atoms with Crippen molar-refractivity contribution >= 4 is 5.69 Å². The zero-order chi connectivity index (χ0) is 12.2. The molecule has 0 spiro atoms. The molecule has 2 aliphatic rings. The van der Waals surface area contributed by atoms with Gasteiger partial charge in [-0.3, -0.25) is 0 Å². The minimum absolute atomic E-state index is 0.822. The number of hydrogen-bond donors (Lipinski definition) is 1. The van der Waals surface area contributed by atoms with Gasteiger partial charge in [-0.05, 0) is 37.8 Å². The number of nitrogens with two attached hydrogens (primary N) is 1. The van der Waals surface area contributed by atoms with E-state index in [-0.39, 0.29) is 0 Å². The van der Waals surface area contributed by atoms with Crippen LogP contribution in [-0.4, -0.2) is 26.4 Å². The van der Waals surface area contributed by atoms with Crippen LogP contribution in [-0.2, 0) is 9.47 Å². The van der Waals surface area contributed by atoms with Crippen molar-refractivity contribution in [2.24, 2.45) is 0 Å². The van der Waals surface area contributed by atoms with Crippen molar-refractivity contribution in [3.63, 3.8) is 0 Å². The molecule has 3 heteroatoms. The van der Waals surface area contributed by atoms with Crippen molar-refractivity contribution in [3.8, 4) is 0 Å². The predicted octanol–water partition coefficient (Wildman–Crippen LogP) is 2.86. The lowest BCUT2D eigenvalue weighted by molar-refractivity contribution is 0.198. The van der Waals surface area contributed by atoms with Gasteiger partial charge in [-0.2, -0.15) is 0 Å². The molecule has 2 N–H and O–H groups in total. The van der Waals surface area contributed by atoms with Gasteiger partial charge in [0.2, 0.25) is 0 Å². The Morgan fingerprint density at radius 2 is 1.12 bits per heavy atom. The van der Waals surface area contributed by atoms with Gasteiger partial charge in [-0.1, -0.05) is 18.2 Å². The van der Waals surface area contributed by atoms with Crippen LogP contribution in [0.25, 0.3) is 0 Å². The third-order valence-corrected chi connectivity index (χ3v) is 2.45. The van der Waals surface area contributed by atoms with Crippen LogP contribution in [0.15, 0.2) is 30.3 Å². The molecule has 17 heavy (non-hydrogen) atoms. The lowest BCUT2D eigenvalue weighted by atomic mass is 10.3. The summed E-state index contributed by atoms with van der Waals surface area (Å²) in [7, 11) is 0. The first-order valence-corrected chi connectivity index (χ1v) is 6.35. The summed E-state index contributed by atoms with van der Waals surface area (Å²) in [6.07, 6.45) is 5.11. The molecule has 2 fully saturated rings. The van der Waals surface area contributed by atoms with Gasteiger partial charge < -0.3 is 15.2 Å². The average Bonchev–Trinajstić information content (AvgIpc) is 3.09. The Bertz CT molecular complexity index is 231. The number of nitrogen functional groups attached to an aromatic ring is 1. The quantitative estimate of drug-likeness (QED) is 0.706. The highest BCUT2D eigenvalue weighted by molar-refractivity contribution is 5.35. The van der Waals surface area contributed by atoms with Crippen molar-refractivity contribution in [1.29, 1.82) is 0 Å². The first-order valence-electron chi connectivity index (χ1n) is 6.35. The van der Waals surface area contributed by atoms with Gasteiger partial charge in [0, 0.05) is 32.1 Å². The molecule has 0 radical (unpaired) electrons. The van der Waals surface area contributed by atoms with Crippen LogP contribution in [0.1, 0.15) is 25.7 Å². The van der Waals surface area contributed by atoms with E-state index in [2.05, 4.69) is 0 Å². The molecule has 1 aromatic carbocycles. The van der Waals surface area contributed by atoms with Crippen LogP contribution >= 0.6 is 0 Å². The van der Waals surface area contributed by atoms with E-state index in [1.807, 2.05) is 30.3 Å². The number of ether oxygens (including phenoxy) is 2. The van der Waals surface area contributed by atoms with Crippen LogP contribution in [0.4, 0.5) is 5.69 Å². The van der Waals surface area contributed by atoms with Crippen LogP contribution in [0.5, 0.6) is 0 Å². The molecule has 2 heterocycles. The number of hydrogen-bond acceptors (Lipinski definition) is 3. The first-order chi connectivity index (χ1) is 8.39.